The topological polar surface area (TPSA) is 125 Å². The Kier molecular flexibility index (Phi) is 29.5. The van der Waals surface area contributed by atoms with Gasteiger partial charge in [-0.15, -0.1) is 0 Å². The molecule has 1 aromatic rings. The summed E-state index contributed by atoms with van der Waals surface area (Å²) in [6, 6.07) is 5.96. The predicted octanol–water partition coefficient (Wildman–Crippen LogP) is 3.01. The molecule has 200 valence electrons. The smallest absolute Gasteiger partial charge is 0.243 e. The fourth-order valence-corrected chi connectivity index (χ4v) is 2.45. The van der Waals surface area contributed by atoms with Crippen LogP contribution in [0.1, 0.15) is 72.3 Å². The zero-order chi connectivity index (χ0) is 24.8. The van der Waals surface area contributed by atoms with Crippen molar-refractivity contribution in [2.45, 2.75) is 79.4 Å². The van der Waals surface area contributed by atoms with Gasteiger partial charge in [0.15, 0.2) is 0 Å². The summed E-state index contributed by atoms with van der Waals surface area (Å²) in [7, 11) is 0. The molecule has 1 atom stereocenters. The SMILES string of the molecule is CC(C)C(N[C-]=O)C(=O)NCC(=O)Nc1ccc(CO)cc1.CCCCCCC.C[C-]=O.[Fm].[W]. The molecule has 0 heterocycles. The number of benzene rings is 1. The van der Waals surface area contributed by atoms with Gasteiger partial charge in [-0.25, -0.2) is 0 Å². The zero-order valence-corrected chi connectivity index (χ0v) is 26.0. The van der Waals surface area contributed by atoms with Crippen molar-refractivity contribution in [3.8, 4) is 0 Å². The van der Waals surface area contributed by atoms with E-state index in [0.717, 1.165) is 5.56 Å². The minimum absolute atomic E-state index is 0. The molecule has 0 bridgehead atoms. The molecule has 0 fully saturated rings. The van der Waals surface area contributed by atoms with Crippen molar-refractivity contribution in [2.75, 3.05) is 11.9 Å². The molecule has 0 spiro atoms. The van der Waals surface area contributed by atoms with E-state index in [1.54, 1.807) is 38.1 Å². The Hall–Kier alpha value is -3.05. The molecule has 8 nitrogen and oxygen atoms in total. The number of rotatable bonds is 12. The van der Waals surface area contributed by atoms with E-state index in [1.165, 1.54) is 51.7 Å². The number of unbranched alkanes of at least 4 members (excludes halogenated alkanes) is 4. The van der Waals surface area contributed by atoms with Crippen molar-refractivity contribution < 1.29 is 45.3 Å². The molecule has 10 heteroatoms. The van der Waals surface area contributed by atoms with Crippen molar-refractivity contribution in [2.24, 2.45) is 5.92 Å². The third kappa shape index (κ3) is 20.8. The second-order valence-electron chi connectivity index (χ2n) is 7.35. The number of anilines is 1. The maximum Gasteiger partial charge on any atom is 0.243 e. The zero-order valence-electron chi connectivity index (χ0n) is 20.7. The maximum absolute atomic E-state index is 11.9. The van der Waals surface area contributed by atoms with Gasteiger partial charge in [0.25, 0.3) is 0 Å². The van der Waals surface area contributed by atoms with Crippen molar-refractivity contribution in [3.05, 3.63) is 29.8 Å². The summed E-state index contributed by atoms with van der Waals surface area (Å²) in [6.45, 7) is 9.09. The summed E-state index contributed by atoms with van der Waals surface area (Å²) in [5.74, 6) is -0.942. The van der Waals surface area contributed by atoms with Crippen LogP contribution >= 0.6 is 0 Å². The Morgan fingerprint density at radius 2 is 1.50 bits per heavy atom. The minimum atomic E-state index is -0.728. The third-order valence-corrected chi connectivity index (χ3v) is 4.21. The van der Waals surface area contributed by atoms with Crippen LogP contribution in [0.25, 0.3) is 0 Å². The molecule has 3 amide bonds. The van der Waals surface area contributed by atoms with E-state index in [1.807, 2.05) is 0 Å². The molecule has 0 aromatic heterocycles. The Labute approximate surface area is 212 Å². The van der Waals surface area contributed by atoms with E-state index in [9.17, 15) is 14.4 Å². The van der Waals surface area contributed by atoms with Gasteiger partial charge in [-0.2, -0.15) is 13.3 Å². The van der Waals surface area contributed by atoms with Gasteiger partial charge in [0.1, 0.15) is 0 Å². The molecule has 0 aliphatic rings. The van der Waals surface area contributed by atoms with Crippen molar-refractivity contribution in [1.82, 2.24) is 10.6 Å². The van der Waals surface area contributed by atoms with Gasteiger partial charge in [-0.1, -0.05) is 71.9 Å². The van der Waals surface area contributed by atoms with Crippen molar-refractivity contribution in [1.29, 1.82) is 0 Å². The molecular weight excluding hydrogens is 851 g/mol. The number of carbonyl (C=O) groups excluding carboxylic acids is 4. The van der Waals surface area contributed by atoms with Crippen LogP contribution in [0.4, 0.5) is 5.69 Å². The number of amides is 3. The van der Waals surface area contributed by atoms with Crippen LogP contribution in [0.2, 0.25) is 0 Å². The summed E-state index contributed by atoms with van der Waals surface area (Å²) in [6.07, 6.45) is 10.00. The predicted molar refractivity (Wildman–Crippen MR) is 127 cm³/mol. The second kappa shape index (κ2) is 26.2. The Bertz CT molecular complexity index is 642. The van der Waals surface area contributed by atoms with Gasteiger partial charge in [-0.3, -0.25) is 15.9 Å². The number of hydrogen-bond acceptors (Lipinski definition) is 5. The number of nitrogens with one attached hydrogen (secondary N) is 3. The van der Waals surface area contributed by atoms with Crippen LogP contribution in [-0.4, -0.2) is 42.2 Å². The Morgan fingerprint density at radius 1 is 1.00 bits per heavy atom. The van der Waals surface area contributed by atoms with E-state index in [0.29, 0.717) is 5.69 Å². The van der Waals surface area contributed by atoms with Gasteiger partial charge in [0.05, 0.1) is 19.2 Å². The number of hydrogen-bond donors (Lipinski definition) is 4. The van der Waals surface area contributed by atoms with Crippen molar-refractivity contribution >= 4 is 30.2 Å². The second-order valence-corrected chi connectivity index (χ2v) is 7.35. The first-order valence-electron chi connectivity index (χ1n) is 11.0. The molecule has 0 saturated carbocycles. The first-order chi connectivity index (χ1) is 15.3. The van der Waals surface area contributed by atoms with E-state index in [-0.39, 0.29) is 46.0 Å². The largest absolute Gasteiger partial charge is 0.542 e. The average Bonchev–Trinajstić information content (AvgIpc) is 2.77. The summed E-state index contributed by atoms with van der Waals surface area (Å²) in [4.78, 5) is 42.6. The Morgan fingerprint density at radius 3 is 1.88 bits per heavy atom. The third-order valence-electron chi connectivity index (χ3n) is 4.21. The van der Waals surface area contributed by atoms with E-state index >= 15 is 0 Å². The van der Waals surface area contributed by atoms with E-state index in [2.05, 4.69) is 29.8 Å². The van der Waals surface area contributed by atoms with Gasteiger partial charge >= 0.3 is 0 Å². The van der Waals surface area contributed by atoms with Crippen LogP contribution in [0.15, 0.2) is 24.3 Å². The van der Waals surface area contributed by atoms with Gasteiger partial charge in [0.2, 0.25) is 11.8 Å². The molecule has 1 aromatic carbocycles. The molecule has 1 rings (SSSR count). The first-order valence-corrected chi connectivity index (χ1v) is 11.0. The first kappa shape index (κ1) is 38.2. The molecule has 0 aliphatic carbocycles. The monoisotopic (exact) mass is 890 g/mol. The normalized spacial score (nSPS) is 9.85. The van der Waals surface area contributed by atoms with Crippen LogP contribution in [0.5, 0.6) is 0 Å². The molecule has 1 unspecified atom stereocenters. The number of carbonyl (C=O) groups is 2. The number of aliphatic hydroxyl groups is 1. The van der Waals surface area contributed by atoms with Crippen molar-refractivity contribution in [3.63, 3.8) is 0 Å². The Balaban J connectivity index is -0.000000318. The van der Waals surface area contributed by atoms with Crippen LogP contribution < -0.4 is 16.0 Å². The molecular formula is C24H39FmN3O5W-2. The van der Waals surface area contributed by atoms with Crippen LogP contribution in [-0.2, 0) is 46.9 Å². The summed E-state index contributed by atoms with van der Waals surface area (Å²) >= 11 is 0. The number of aliphatic hydroxyl groups excluding tert-OH is 1. The van der Waals surface area contributed by atoms with Gasteiger partial charge in [-0.05, 0) is 23.6 Å². The summed E-state index contributed by atoms with van der Waals surface area (Å²) in [5.41, 5.74) is 1.30. The standard InChI is InChI=1S/C15H20N3O4.C7H16.C2H3O.Fm.W/c1-10(2)14(17-9-20)15(22)16-7-13(21)18-12-5-3-11(8-19)4-6-12;1-3-5-7-6-4-2;1-2-3;;/h3-6,10,14,19H,7-8H2,1-2H3,(H,16,22)(H,17,20)(H,18,21);3-7H2,1-2H3;1H3;;/q-1;;-1;;. The van der Waals surface area contributed by atoms with E-state index in [4.69, 9.17) is 9.90 Å². The quantitative estimate of drug-likeness (QED) is 0.146. The van der Waals surface area contributed by atoms with E-state index < -0.39 is 11.9 Å². The molecule has 0 saturated heterocycles. The average molecular weight is 890 g/mol. The van der Waals surface area contributed by atoms with Gasteiger partial charge in [0, 0.05) is 26.8 Å². The minimum Gasteiger partial charge on any atom is -0.542 e. The summed E-state index contributed by atoms with van der Waals surface area (Å²) < 4.78 is 0. The fourth-order valence-electron chi connectivity index (χ4n) is 2.45. The maximum atomic E-state index is 11.9. The fraction of sp³-hybridized carbons (Fsp3) is 0.583. The molecule has 0 aliphatic heterocycles. The molecule has 0 radical (unpaired) electrons. The van der Waals surface area contributed by atoms with Crippen LogP contribution in [0.3, 0.4) is 0 Å². The summed E-state index contributed by atoms with van der Waals surface area (Å²) in [5, 5.41) is 16.3. The molecule has 34 heavy (non-hydrogen) atoms. The molecule has 4 N–H and O–H groups in total. The van der Waals surface area contributed by atoms with Crippen LogP contribution in [0, 0.1) is 5.92 Å². The van der Waals surface area contributed by atoms with Gasteiger partial charge < -0.3 is 30.6 Å².